The number of nitro groups is 1. The summed E-state index contributed by atoms with van der Waals surface area (Å²) in [4.78, 5) is 23.4. The van der Waals surface area contributed by atoms with Gasteiger partial charge in [-0.15, -0.1) is 0 Å². The zero-order valence-electron chi connectivity index (χ0n) is 11.6. The summed E-state index contributed by atoms with van der Waals surface area (Å²) < 4.78 is 27.5. The highest BCUT2D eigenvalue weighted by Crippen LogP contribution is 2.27. The average Bonchev–Trinajstić information content (AvgIpc) is 2.95. The van der Waals surface area contributed by atoms with Crippen LogP contribution in [0.5, 0.6) is 0 Å². The predicted octanol–water partition coefficient (Wildman–Crippen LogP) is 3.28. The van der Waals surface area contributed by atoms with E-state index >= 15 is 0 Å². The SMILES string of the molecule is CCN(C(=O)c1cc(F)c([N+](=O)[O-])cc1F)C1CCCC1. The molecule has 0 aliphatic heterocycles. The maximum Gasteiger partial charge on any atom is 0.307 e. The number of nitrogens with zero attached hydrogens (tertiary/aromatic N) is 2. The molecule has 21 heavy (non-hydrogen) atoms. The minimum Gasteiger partial charge on any atom is -0.336 e. The molecule has 0 spiro atoms. The summed E-state index contributed by atoms with van der Waals surface area (Å²) in [6.07, 6.45) is 3.70. The molecule has 0 unspecified atom stereocenters. The van der Waals surface area contributed by atoms with Gasteiger partial charge in [-0.2, -0.15) is 4.39 Å². The van der Waals surface area contributed by atoms with E-state index in [1.807, 2.05) is 0 Å². The molecule has 7 heteroatoms. The Balaban J connectivity index is 2.33. The van der Waals surface area contributed by atoms with Crippen LogP contribution < -0.4 is 0 Å². The van der Waals surface area contributed by atoms with E-state index in [1.165, 1.54) is 4.90 Å². The standard InChI is InChI=1S/C14H16F2N2O3/c1-2-17(9-5-3-4-6-9)14(19)10-7-12(16)13(18(20)21)8-11(10)15/h7-9H,2-6H2,1H3. The largest absolute Gasteiger partial charge is 0.336 e. The van der Waals surface area contributed by atoms with E-state index in [1.54, 1.807) is 6.92 Å². The fourth-order valence-corrected chi connectivity index (χ4v) is 2.78. The third-order valence-electron chi connectivity index (χ3n) is 3.83. The third-order valence-corrected chi connectivity index (χ3v) is 3.83. The molecule has 1 amide bonds. The van der Waals surface area contributed by atoms with Gasteiger partial charge in [0.15, 0.2) is 0 Å². The number of hydrogen-bond acceptors (Lipinski definition) is 3. The van der Waals surface area contributed by atoms with E-state index < -0.39 is 33.7 Å². The molecular weight excluding hydrogens is 282 g/mol. The van der Waals surface area contributed by atoms with Crippen LogP contribution in [0.3, 0.4) is 0 Å². The van der Waals surface area contributed by atoms with Gasteiger partial charge in [0.2, 0.25) is 5.82 Å². The van der Waals surface area contributed by atoms with Crippen molar-refractivity contribution in [3.05, 3.63) is 39.4 Å². The molecular formula is C14H16F2N2O3. The fourth-order valence-electron chi connectivity index (χ4n) is 2.78. The van der Waals surface area contributed by atoms with Crippen LogP contribution in [0.4, 0.5) is 14.5 Å². The lowest BCUT2D eigenvalue weighted by Gasteiger charge is -2.27. The van der Waals surface area contributed by atoms with Crippen LogP contribution in [-0.2, 0) is 0 Å². The Morgan fingerprint density at radius 1 is 1.33 bits per heavy atom. The summed E-state index contributed by atoms with van der Waals surface area (Å²) in [5, 5.41) is 10.6. The number of hydrogen-bond donors (Lipinski definition) is 0. The molecule has 0 aromatic heterocycles. The van der Waals surface area contributed by atoms with Gasteiger partial charge >= 0.3 is 5.69 Å². The Morgan fingerprint density at radius 2 is 1.95 bits per heavy atom. The predicted molar refractivity (Wildman–Crippen MR) is 72.0 cm³/mol. The minimum absolute atomic E-state index is 0.0279. The Bertz CT molecular complexity index is 572. The Hall–Kier alpha value is -2.05. The van der Waals surface area contributed by atoms with Crippen LogP contribution in [0.25, 0.3) is 0 Å². The van der Waals surface area contributed by atoms with Crippen LogP contribution in [-0.4, -0.2) is 28.3 Å². The molecule has 1 saturated carbocycles. The Kier molecular flexibility index (Phi) is 4.50. The molecule has 1 aromatic rings. The van der Waals surface area contributed by atoms with Gasteiger partial charge in [-0.3, -0.25) is 14.9 Å². The van der Waals surface area contributed by atoms with Gasteiger partial charge in [0.05, 0.1) is 16.6 Å². The lowest BCUT2D eigenvalue weighted by atomic mass is 10.1. The lowest BCUT2D eigenvalue weighted by Crippen LogP contribution is -2.39. The van der Waals surface area contributed by atoms with E-state index in [4.69, 9.17) is 0 Å². The van der Waals surface area contributed by atoms with Crippen LogP contribution in [0.15, 0.2) is 12.1 Å². The minimum atomic E-state index is -1.20. The first kappa shape index (κ1) is 15.3. The van der Waals surface area contributed by atoms with Crippen molar-refractivity contribution in [1.82, 2.24) is 4.90 Å². The molecule has 0 N–H and O–H groups in total. The number of carbonyl (C=O) groups is 1. The summed E-state index contributed by atoms with van der Waals surface area (Å²) in [6, 6.07) is 1.11. The first-order chi connectivity index (χ1) is 9.95. The number of rotatable bonds is 4. The van der Waals surface area contributed by atoms with Crippen LogP contribution in [0.1, 0.15) is 43.0 Å². The highest BCUT2D eigenvalue weighted by molar-refractivity contribution is 5.95. The van der Waals surface area contributed by atoms with E-state index in [0.29, 0.717) is 18.7 Å². The second-order valence-electron chi connectivity index (χ2n) is 5.07. The molecule has 5 nitrogen and oxygen atoms in total. The smallest absolute Gasteiger partial charge is 0.307 e. The molecule has 1 aliphatic rings. The van der Waals surface area contributed by atoms with Crippen molar-refractivity contribution >= 4 is 11.6 Å². The van der Waals surface area contributed by atoms with Crippen molar-refractivity contribution in [3.8, 4) is 0 Å². The van der Waals surface area contributed by atoms with E-state index in [2.05, 4.69) is 0 Å². The highest BCUT2D eigenvalue weighted by atomic mass is 19.1. The topological polar surface area (TPSA) is 63.5 Å². The summed E-state index contributed by atoms with van der Waals surface area (Å²) in [6.45, 7) is 2.16. The van der Waals surface area contributed by atoms with Gasteiger partial charge < -0.3 is 4.90 Å². The molecule has 114 valence electrons. The fraction of sp³-hybridized carbons (Fsp3) is 0.500. The summed E-state index contributed by atoms with van der Waals surface area (Å²) in [7, 11) is 0. The highest BCUT2D eigenvalue weighted by Gasteiger charge is 2.29. The molecule has 0 bridgehead atoms. The van der Waals surface area contributed by atoms with Crippen LogP contribution in [0.2, 0.25) is 0 Å². The molecule has 0 saturated heterocycles. The van der Waals surface area contributed by atoms with Gasteiger partial charge in [0.25, 0.3) is 5.91 Å². The number of benzene rings is 1. The number of nitro benzene ring substituents is 1. The van der Waals surface area contributed by atoms with Crippen molar-refractivity contribution in [2.45, 2.75) is 38.6 Å². The summed E-state index contributed by atoms with van der Waals surface area (Å²) in [5.74, 6) is -2.88. The Labute approximate surface area is 120 Å². The zero-order valence-corrected chi connectivity index (χ0v) is 11.6. The average molecular weight is 298 g/mol. The third kappa shape index (κ3) is 3.01. The first-order valence-electron chi connectivity index (χ1n) is 6.90. The second-order valence-corrected chi connectivity index (χ2v) is 5.07. The molecule has 0 radical (unpaired) electrons. The van der Waals surface area contributed by atoms with Crippen molar-refractivity contribution in [1.29, 1.82) is 0 Å². The normalized spacial score (nSPS) is 15.2. The quantitative estimate of drug-likeness (QED) is 0.633. The molecule has 0 heterocycles. The zero-order chi connectivity index (χ0) is 15.6. The summed E-state index contributed by atoms with van der Waals surface area (Å²) in [5.41, 5.74) is -1.42. The van der Waals surface area contributed by atoms with Crippen LogP contribution >= 0.6 is 0 Å². The lowest BCUT2D eigenvalue weighted by molar-refractivity contribution is -0.387. The van der Waals surface area contributed by atoms with Gasteiger partial charge in [-0.1, -0.05) is 12.8 Å². The van der Waals surface area contributed by atoms with E-state index in [0.717, 1.165) is 25.7 Å². The molecule has 2 rings (SSSR count). The van der Waals surface area contributed by atoms with E-state index in [-0.39, 0.29) is 6.04 Å². The maximum absolute atomic E-state index is 13.9. The number of halogens is 2. The van der Waals surface area contributed by atoms with Gasteiger partial charge in [0, 0.05) is 12.6 Å². The molecule has 1 fully saturated rings. The summed E-state index contributed by atoms with van der Waals surface area (Å²) >= 11 is 0. The molecule has 0 atom stereocenters. The van der Waals surface area contributed by atoms with Gasteiger partial charge in [-0.05, 0) is 25.8 Å². The molecule has 1 aromatic carbocycles. The monoisotopic (exact) mass is 298 g/mol. The van der Waals surface area contributed by atoms with Gasteiger partial charge in [-0.25, -0.2) is 4.39 Å². The van der Waals surface area contributed by atoms with Crippen molar-refractivity contribution < 1.29 is 18.5 Å². The maximum atomic E-state index is 13.9. The molecule has 1 aliphatic carbocycles. The van der Waals surface area contributed by atoms with Crippen molar-refractivity contribution in [2.75, 3.05) is 6.54 Å². The number of amides is 1. The van der Waals surface area contributed by atoms with Crippen molar-refractivity contribution in [2.24, 2.45) is 0 Å². The Morgan fingerprint density at radius 3 is 2.48 bits per heavy atom. The van der Waals surface area contributed by atoms with Crippen LogP contribution in [0, 0.1) is 21.7 Å². The van der Waals surface area contributed by atoms with Gasteiger partial charge in [0.1, 0.15) is 5.82 Å². The van der Waals surface area contributed by atoms with Crippen molar-refractivity contribution in [3.63, 3.8) is 0 Å². The van der Waals surface area contributed by atoms with E-state index in [9.17, 15) is 23.7 Å². The number of carbonyl (C=O) groups excluding carboxylic acids is 1. The first-order valence-corrected chi connectivity index (χ1v) is 6.90. The second kappa shape index (κ2) is 6.15.